The number of anilines is 1. The number of hydrogen-bond acceptors (Lipinski definition) is 6. The fourth-order valence-corrected chi connectivity index (χ4v) is 4.46. The van der Waals surface area contributed by atoms with E-state index in [1.54, 1.807) is 6.20 Å². The summed E-state index contributed by atoms with van der Waals surface area (Å²) in [7, 11) is 0. The summed E-state index contributed by atoms with van der Waals surface area (Å²) in [4.78, 5) is 26.9. The molecule has 3 aromatic heterocycles. The van der Waals surface area contributed by atoms with Gasteiger partial charge in [0.25, 0.3) is 5.91 Å². The highest BCUT2D eigenvalue weighted by atomic mass is 16.2. The first-order chi connectivity index (χ1) is 16.6. The highest BCUT2D eigenvalue weighted by Crippen LogP contribution is 2.43. The lowest BCUT2D eigenvalue weighted by atomic mass is 10.0. The van der Waals surface area contributed by atoms with Gasteiger partial charge >= 0.3 is 0 Å². The van der Waals surface area contributed by atoms with Gasteiger partial charge in [-0.15, -0.1) is 0 Å². The second-order valence-corrected chi connectivity index (χ2v) is 9.64. The Labute approximate surface area is 198 Å². The van der Waals surface area contributed by atoms with Gasteiger partial charge in [-0.2, -0.15) is 5.10 Å². The number of amides is 1. The molecule has 0 spiro atoms. The fraction of sp³-hybridized carbons (Fsp3) is 0.423. The number of hydrogen-bond donors (Lipinski definition) is 2. The van der Waals surface area contributed by atoms with Crippen LogP contribution in [0.15, 0.2) is 42.7 Å². The van der Waals surface area contributed by atoms with E-state index in [9.17, 15) is 4.79 Å². The summed E-state index contributed by atoms with van der Waals surface area (Å²) in [6, 6.07) is 10.9. The van der Waals surface area contributed by atoms with E-state index in [0.29, 0.717) is 17.3 Å². The average Bonchev–Trinajstić information content (AvgIpc) is 3.80. The van der Waals surface area contributed by atoms with E-state index < -0.39 is 0 Å². The Hall–Kier alpha value is -3.55. The van der Waals surface area contributed by atoms with Crippen LogP contribution in [0.4, 0.5) is 5.82 Å². The molecule has 8 heteroatoms. The molecule has 2 N–H and O–H groups in total. The summed E-state index contributed by atoms with van der Waals surface area (Å²) < 4.78 is 1.98. The van der Waals surface area contributed by atoms with Crippen molar-refractivity contribution in [2.75, 3.05) is 5.32 Å². The van der Waals surface area contributed by atoms with E-state index in [-0.39, 0.29) is 29.9 Å². The molecule has 0 radical (unpaired) electrons. The number of nitrogens with zero attached hydrogens (tertiary/aromatic N) is 5. The number of pyridine rings is 1. The molecule has 4 aromatic rings. The van der Waals surface area contributed by atoms with Crippen LogP contribution in [0.5, 0.6) is 0 Å². The zero-order valence-corrected chi connectivity index (χ0v) is 19.5. The number of para-hydroxylation sites is 1. The Balaban J connectivity index is 1.43. The van der Waals surface area contributed by atoms with Crippen LogP contribution in [0.3, 0.4) is 0 Å². The van der Waals surface area contributed by atoms with Crippen molar-refractivity contribution in [3.8, 4) is 0 Å². The van der Waals surface area contributed by atoms with Gasteiger partial charge in [0.15, 0.2) is 5.82 Å². The molecule has 3 heterocycles. The first-order valence-corrected chi connectivity index (χ1v) is 12.3. The molecule has 174 valence electrons. The third-order valence-corrected chi connectivity index (χ3v) is 6.92. The molecule has 2 atom stereocenters. The van der Waals surface area contributed by atoms with Crippen molar-refractivity contribution in [1.29, 1.82) is 0 Å². The lowest BCUT2D eigenvalue weighted by Crippen LogP contribution is -2.28. The maximum absolute atomic E-state index is 12.8. The molecule has 2 fully saturated rings. The van der Waals surface area contributed by atoms with Gasteiger partial charge in [0.05, 0.1) is 17.8 Å². The summed E-state index contributed by atoms with van der Waals surface area (Å²) >= 11 is 0. The molecule has 0 bridgehead atoms. The Bertz CT molecular complexity index is 1370. The molecule has 0 aliphatic heterocycles. The highest BCUT2D eigenvalue weighted by Gasteiger charge is 2.34. The molecular formula is C26H29N7O. The van der Waals surface area contributed by atoms with E-state index >= 15 is 0 Å². The van der Waals surface area contributed by atoms with Gasteiger partial charge < -0.3 is 10.6 Å². The van der Waals surface area contributed by atoms with Crippen LogP contribution in [0.1, 0.15) is 74.2 Å². The van der Waals surface area contributed by atoms with E-state index in [1.807, 2.05) is 29.1 Å². The number of fused-ring (bicyclic) bond motifs is 2. The van der Waals surface area contributed by atoms with Crippen molar-refractivity contribution < 1.29 is 4.79 Å². The first-order valence-electron chi connectivity index (χ1n) is 12.3. The predicted molar refractivity (Wildman–Crippen MR) is 132 cm³/mol. The van der Waals surface area contributed by atoms with Crippen molar-refractivity contribution in [2.45, 2.75) is 64.1 Å². The third-order valence-electron chi connectivity index (χ3n) is 6.92. The molecule has 34 heavy (non-hydrogen) atoms. The number of carbonyl (C=O) groups is 1. The molecular weight excluding hydrogens is 426 g/mol. The monoisotopic (exact) mass is 455 g/mol. The predicted octanol–water partition coefficient (Wildman–Crippen LogP) is 4.80. The number of nitrogens with one attached hydrogen (secondary N) is 2. The third kappa shape index (κ3) is 3.97. The van der Waals surface area contributed by atoms with Gasteiger partial charge in [-0.3, -0.25) is 14.5 Å². The minimum atomic E-state index is -0.223. The van der Waals surface area contributed by atoms with Crippen LogP contribution in [-0.4, -0.2) is 36.7 Å². The summed E-state index contributed by atoms with van der Waals surface area (Å²) in [6.07, 6.45) is 8.97. The number of rotatable bonds is 8. The second kappa shape index (κ2) is 8.34. The van der Waals surface area contributed by atoms with Crippen LogP contribution >= 0.6 is 0 Å². The summed E-state index contributed by atoms with van der Waals surface area (Å²) in [5, 5.41) is 12.4. The molecule has 6 rings (SSSR count). The minimum Gasteiger partial charge on any atom is -0.361 e. The van der Waals surface area contributed by atoms with Gasteiger partial charge in [0.2, 0.25) is 5.82 Å². The Morgan fingerprint density at radius 1 is 1.12 bits per heavy atom. The highest BCUT2D eigenvalue weighted by molar-refractivity contribution is 5.95. The Morgan fingerprint density at radius 3 is 2.71 bits per heavy atom. The van der Waals surface area contributed by atoms with Crippen molar-refractivity contribution >= 4 is 33.7 Å². The molecule has 2 aliphatic rings. The zero-order chi connectivity index (χ0) is 23.2. The van der Waals surface area contributed by atoms with E-state index in [0.717, 1.165) is 54.1 Å². The van der Waals surface area contributed by atoms with Crippen LogP contribution in [0, 0.1) is 5.92 Å². The molecule has 0 saturated heterocycles. The first kappa shape index (κ1) is 21.0. The van der Waals surface area contributed by atoms with Gasteiger partial charge in [-0.1, -0.05) is 25.1 Å². The molecule has 1 amide bonds. The van der Waals surface area contributed by atoms with Gasteiger partial charge in [-0.25, -0.2) is 9.97 Å². The molecule has 1 aromatic carbocycles. The quantitative estimate of drug-likeness (QED) is 0.396. The van der Waals surface area contributed by atoms with Crippen molar-refractivity contribution in [2.24, 2.45) is 5.92 Å². The molecule has 8 nitrogen and oxygen atoms in total. The number of aromatic nitrogens is 5. The maximum Gasteiger partial charge on any atom is 0.289 e. The molecule has 0 unspecified atom stereocenters. The summed E-state index contributed by atoms with van der Waals surface area (Å²) in [6.45, 7) is 4.27. The van der Waals surface area contributed by atoms with Crippen LogP contribution in [-0.2, 0) is 0 Å². The van der Waals surface area contributed by atoms with Crippen molar-refractivity contribution in [3.05, 3.63) is 54.1 Å². The standard InChI is InChI=1S/C26H29N7O/c1-3-15(2)33-23-21(14-28-33)30-25(26(34)29-19-10-11-19)32-24(23)31-22(16-8-9-16)18-12-17-6-4-5-7-20(17)27-13-18/h4-7,12-16,19,22H,3,8-11H2,1-2H3,(H,29,34)(H,30,31,32)/t15-,22-/m1/s1. The Morgan fingerprint density at radius 2 is 1.94 bits per heavy atom. The van der Waals surface area contributed by atoms with Crippen LogP contribution in [0.25, 0.3) is 21.9 Å². The van der Waals surface area contributed by atoms with Gasteiger partial charge in [0.1, 0.15) is 11.0 Å². The average molecular weight is 456 g/mol. The van der Waals surface area contributed by atoms with Crippen molar-refractivity contribution in [3.63, 3.8) is 0 Å². The second-order valence-electron chi connectivity index (χ2n) is 9.64. The van der Waals surface area contributed by atoms with E-state index in [1.165, 1.54) is 0 Å². The number of benzene rings is 1. The molecule has 2 saturated carbocycles. The smallest absolute Gasteiger partial charge is 0.289 e. The van der Waals surface area contributed by atoms with E-state index in [2.05, 4.69) is 46.7 Å². The van der Waals surface area contributed by atoms with Gasteiger partial charge in [0, 0.05) is 23.7 Å². The minimum absolute atomic E-state index is 0.0508. The fourth-order valence-electron chi connectivity index (χ4n) is 4.46. The normalized spacial score (nSPS) is 17.6. The van der Waals surface area contributed by atoms with Crippen molar-refractivity contribution in [1.82, 2.24) is 30.0 Å². The summed E-state index contributed by atoms with van der Waals surface area (Å²) in [5.74, 6) is 1.13. The lowest BCUT2D eigenvalue weighted by Gasteiger charge is -2.21. The van der Waals surface area contributed by atoms with Gasteiger partial charge in [-0.05, 0) is 62.6 Å². The zero-order valence-electron chi connectivity index (χ0n) is 19.5. The molecule has 2 aliphatic carbocycles. The lowest BCUT2D eigenvalue weighted by molar-refractivity contribution is 0.0941. The van der Waals surface area contributed by atoms with Crippen LogP contribution < -0.4 is 10.6 Å². The Kier molecular flexibility index (Phi) is 5.16. The number of carbonyl (C=O) groups excluding carboxylic acids is 1. The topological polar surface area (TPSA) is 97.6 Å². The summed E-state index contributed by atoms with van der Waals surface area (Å²) in [5.41, 5.74) is 3.65. The maximum atomic E-state index is 12.8. The largest absolute Gasteiger partial charge is 0.361 e. The van der Waals surface area contributed by atoms with Crippen LogP contribution in [0.2, 0.25) is 0 Å². The van der Waals surface area contributed by atoms with E-state index in [4.69, 9.17) is 9.97 Å². The SMILES string of the molecule is CC[C@@H](C)n1ncc2nc(C(=O)NC3CC3)nc(N[C@@H](c3cnc4ccccc4c3)C3CC3)c21.